The van der Waals surface area contributed by atoms with Crippen molar-refractivity contribution >= 4 is 11.6 Å². The number of fused-ring (bicyclic) bond motifs is 1. The number of ether oxygens (including phenoxy) is 1. The van der Waals surface area contributed by atoms with Crippen molar-refractivity contribution in [1.82, 2.24) is 19.9 Å². The Morgan fingerprint density at radius 2 is 1.88 bits per heavy atom. The lowest BCUT2D eigenvalue weighted by Crippen LogP contribution is -2.41. The number of aromatic hydroxyl groups is 2. The molecule has 0 bridgehead atoms. The minimum atomic E-state index is -0.485. The van der Waals surface area contributed by atoms with Crippen molar-refractivity contribution in [2.24, 2.45) is 0 Å². The molecule has 0 spiro atoms. The molecule has 2 heterocycles. The molecule has 1 aliphatic heterocycles. The summed E-state index contributed by atoms with van der Waals surface area (Å²) in [5.41, 5.74) is 2.20. The van der Waals surface area contributed by atoms with Crippen molar-refractivity contribution in [3.05, 3.63) is 57.8 Å². The quantitative estimate of drug-likeness (QED) is 0.410. The van der Waals surface area contributed by atoms with Gasteiger partial charge in [0.25, 0.3) is 5.69 Å². The molecule has 1 aromatic heterocycles. The summed E-state index contributed by atoms with van der Waals surface area (Å²) in [5.74, 6) is 0.236. The molecule has 0 saturated carbocycles. The summed E-state index contributed by atoms with van der Waals surface area (Å²) in [6.45, 7) is 4.59. The fraction of sp³-hybridized carbons (Fsp3) is 0.318. The van der Waals surface area contributed by atoms with Gasteiger partial charge in [-0.3, -0.25) is 14.9 Å². The van der Waals surface area contributed by atoms with Crippen molar-refractivity contribution in [2.45, 2.75) is 32.9 Å². The number of carbonyl (C=O) groups excluding carboxylic acids is 1. The SMILES string of the molecule is CC(C)c1cc(-c2nnn3c2CN(CCOc2ccc([N+](=O)[O-])cc2)C(=O)C3)c(O)cc1O. The number of benzene rings is 2. The third-order valence-corrected chi connectivity index (χ3v) is 5.52. The summed E-state index contributed by atoms with van der Waals surface area (Å²) in [6.07, 6.45) is 0. The Morgan fingerprint density at radius 1 is 1.15 bits per heavy atom. The molecule has 0 radical (unpaired) electrons. The molecule has 4 rings (SSSR count). The number of carbonyl (C=O) groups is 1. The molecule has 2 aromatic carbocycles. The monoisotopic (exact) mass is 453 g/mol. The molecule has 0 saturated heterocycles. The maximum absolute atomic E-state index is 12.5. The summed E-state index contributed by atoms with van der Waals surface area (Å²) in [7, 11) is 0. The minimum Gasteiger partial charge on any atom is -0.508 e. The van der Waals surface area contributed by atoms with Crippen LogP contribution in [0.15, 0.2) is 36.4 Å². The van der Waals surface area contributed by atoms with Gasteiger partial charge in [-0.25, -0.2) is 4.68 Å². The second-order valence-corrected chi connectivity index (χ2v) is 8.04. The van der Waals surface area contributed by atoms with Gasteiger partial charge >= 0.3 is 0 Å². The molecule has 3 aromatic rings. The summed E-state index contributed by atoms with van der Waals surface area (Å²) in [5, 5.41) is 39.6. The van der Waals surface area contributed by atoms with Crippen molar-refractivity contribution in [1.29, 1.82) is 0 Å². The van der Waals surface area contributed by atoms with Crippen LogP contribution < -0.4 is 4.74 Å². The molecule has 2 N–H and O–H groups in total. The normalized spacial score (nSPS) is 13.3. The van der Waals surface area contributed by atoms with Crippen LogP contribution in [-0.2, 0) is 17.9 Å². The summed E-state index contributed by atoms with van der Waals surface area (Å²) >= 11 is 0. The van der Waals surface area contributed by atoms with E-state index in [1.807, 2.05) is 13.8 Å². The lowest BCUT2D eigenvalue weighted by Gasteiger charge is -2.27. The van der Waals surface area contributed by atoms with E-state index < -0.39 is 4.92 Å². The Hall–Kier alpha value is -4.15. The topological polar surface area (TPSA) is 144 Å². The molecular formula is C22H23N5O6. The van der Waals surface area contributed by atoms with Crippen LogP contribution in [0.25, 0.3) is 11.3 Å². The molecular weight excluding hydrogens is 430 g/mol. The molecule has 0 unspecified atom stereocenters. The van der Waals surface area contributed by atoms with Gasteiger partial charge in [0.2, 0.25) is 5.91 Å². The molecule has 0 aliphatic carbocycles. The third kappa shape index (κ3) is 4.43. The largest absolute Gasteiger partial charge is 0.508 e. The van der Waals surface area contributed by atoms with Gasteiger partial charge in [0.05, 0.1) is 23.7 Å². The fourth-order valence-electron chi connectivity index (χ4n) is 3.71. The molecule has 172 valence electrons. The maximum Gasteiger partial charge on any atom is 0.269 e. The number of nitro benzene ring substituents is 1. The van der Waals surface area contributed by atoms with Crippen LogP contribution >= 0.6 is 0 Å². The van der Waals surface area contributed by atoms with E-state index in [9.17, 15) is 25.1 Å². The van der Waals surface area contributed by atoms with Crippen LogP contribution in [0, 0.1) is 10.1 Å². The van der Waals surface area contributed by atoms with E-state index in [0.717, 1.165) is 0 Å². The molecule has 1 aliphatic rings. The average molecular weight is 453 g/mol. The maximum atomic E-state index is 12.5. The molecule has 0 fully saturated rings. The highest BCUT2D eigenvalue weighted by Gasteiger charge is 2.29. The number of aromatic nitrogens is 3. The van der Waals surface area contributed by atoms with Crippen molar-refractivity contribution in [3.63, 3.8) is 0 Å². The molecule has 11 heteroatoms. The standard InChI is InChI=1S/C22H23N5O6/c1-13(2)16-9-17(20(29)10-19(16)28)22-18-11-25(21(30)12-26(18)24-23-22)7-8-33-15-5-3-14(4-6-15)27(31)32/h3-6,9-10,13,28-29H,7-8,11-12H2,1-2H3. The summed E-state index contributed by atoms with van der Waals surface area (Å²) in [4.78, 5) is 24.4. The Morgan fingerprint density at radius 3 is 2.55 bits per heavy atom. The highest BCUT2D eigenvalue weighted by atomic mass is 16.6. The van der Waals surface area contributed by atoms with Gasteiger partial charge in [-0.2, -0.15) is 0 Å². The number of hydrogen-bond donors (Lipinski definition) is 2. The first-order valence-corrected chi connectivity index (χ1v) is 10.4. The van der Waals surface area contributed by atoms with Crippen LogP contribution in [0.2, 0.25) is 0 Å². The third-order valence-electron chi connectivity index (χ3n) is 5.52. The van der Waals surface area contributed by atoms with Gasteiger partial charge in [0, 0.05) is 23.8 Å². The fourth-order valence-corrected chi connectivity index (χ4v) is 3.71. The first kappa shape index (κ1) is 22.1. The Labute approximate surface area is 189 Å². The average Bonchev–Trinajstić information content (AvgIpc) is 3.16. The zero-order chi connectivity index (χ0) is 23.7. The Balaban J connectivity index is 1.50. The van der Waals surface area contributed by atoms with E-state index in [2.05, 4.69) is 10.3 Å². The zero-order valence-corrected chi connectivity index (χ0v) is 18.1. The highest BCUT2D eigenvalue weighted by molar-refractivity contribution is 5.79. The van der Waals surface area contributed by atoms with E-state index >= 15 is 0 Å². The first-order chi connectivity index (χ1) is 15.7. The van der Waals surface area contributed by atoms with Gasteiger partial charge in [0.1, 0.15) is 36.1 Å². The predicted octanol–water partition coefficient (Wildman–Crippen LogP) is 2.81. The Bertz CT molecular complexity index is 1200. The smallest absolute Gasteiger partial charge is 0.269 e. The van der Waals surface area contributed by atoms with E-state index in [1.165, 1.54) is 35.0 Å². The van der Waals surface area contributed by atoms with Crippen LogP contribution in [0.4, 0.5) is 5.69 Å². The number of nitro groups is 1. The highest BCUT2D eigenvalue weighted by Crippen LogP contribution is 2.38. The lowest BCUT2D eigenvalue weighted by atomic mass is 9.97. The number of phenolic OH excluding ortho intramolecular Hbond substituents is 2. The molecule has 1 amide bonds. The Kier molecular flexibility index (Phi) is 5.86. The number of rotatable bonds is 7. The predicted molar refractivity (Wildman–Crippen MR) is 117 cm³/mol. The summed E-state index contributed by atoms with van der Waals surface area (Å²) in [6, 6.07) is 8.71. The number of nitrogens with zero attached hydrogens (tertiary/aromatic N) is 5. The number of hydrogen-bond acceptors (Lipinski definition) is 8. The van der Waals surface area contributed by atoms with E-state index in [0.29, 0.717) is 34.8 Å². The lowest BCUT2D eigenvalue weighted by molar-refractivity contribution is -0.384. The zero-order valence-electron chi connectivity index (χ0n) is 18.1. The second kappa shape index (κ2) is 8.77. The van der Waals surface area contributed by atoms with Crippen LogP contribution in [-0.4, -0.2) is 54.1 Å². The van der Waals surface area contributed by atoms with Gasteiger partial charge in [-0.05, 0) is 29.7 Å². The van der Waals surface area contributed by atoms with E-state index in [-0.39, 0.29) is 48.7 Å². The van der Waals surface area contributed by atoms with Crippen LogP contribution in [0.1, 0.15) is 31.0 Å². The van der Waals surface area contributed by atoms with Crippen LogP contribution in [0.5, 0.6) is 17.2 Å². The van der Waals surface area contributed by atoms with Crippen LogP contribution in [0.3, 0.4) is 0 Å². The molecule has 0 atom stereocenters. The van der Waals surface area contributed by atoms with E-state index in [1.54, 1.807) is 11.0 Å². The number of non-ortho nitro benzene ring substituents is 1. The number of phenols is 2. The second-order valence-electron chi connectivity index (χ2n) is 8.04. The molecule has 33 heavy (non-hydrogen) atoms. The van der Waals surface area contributed by atoms with Gasteiger partial charge in [0.15, 0.2) is 0 Å². The van der Waals surface area contributed by atoms with Gasteiger partial charge < -0.3 is 19.8 Å². The van der Waals surface area contributed by atoms with Gasteiger partial charge in [-0.1, -0.05) is 19.1 Å². The van der Waals surface area contributed by atoms with Crippen molar-refractivity contribution in [3.8, 4) is 28.5 Å². The first-order valence-electron chi connectivity index (χ1n) is 10.4. The minimum absolute atomic E-state index is 0.00693. The molecule has 11 nitrogen and oxygen atoms in total. The van der Waals surface area contributed by atoms with E-state index in [4.69, 9.17) is 4.74 Å². The van der Waals surface area contributed by atoms with Crippen molar-refractivity contribution in [2.75, 3.05) is 13.2 Å². The summed E-state index contributed by atoms with van der Waals surface area (Å²) < 4.78 is 7.13. The van der Waals surface area contributed by atoms with Gasteiger partial charge in [-0.15, -0.1) is 5.10 Å². The van der Waals surface area contributed by atoms with Crippen molar-refractivity contribution < 1.29 is 24.7 Å². The number of amides is 1.